The van der Waals surface area contributed by atoms with E-state index in [1.165, 1.54) is 4.90 Å². The van der Waals surface area contributed by atoms with Gasteiger partial charge < -0.3 is 10.1 Å². The van der Waals surface area contributed by atoms with Crippen LogP contribution in [0.2, 0.25) is 0 Å². The Hall–Kier alpha value is -2.73. The van der Waals surface area contributed by atoms with Crippen LogP contribution in [0.15, 0.2) is 59.5 Å². The quantitative estimate of drug-likeness (QED) is 0.664. The lowest BCUT2D eigenvalue weighted by Crippen LogP contribution is -2.25. The van der Waals surface area contributed by atoms with E-state index in [2.05, 4.69) is 10.4 Å². The van der Waals surface area contributed by atoms with E-state index in [4.69, 9.17) is 4.74 Å². The van der Waals surface area contributed by atoms with Gasteiger partial charge in [0.15, 0.2) is 0 Å². The lowest BCUT2D eigenvalue weighted by molar-refractivity contribution is 0.0941. The second-order valence-corrected chi connectivity index (χ2v) is 6.78. The predicted molar refractivity (Wildman–Crippen MR) is 104 cm³/mol. The van der Waals surface area contributed by atoms with Crippen molar-refractivity contribution in [1.82, 2.24) is 15.1 Å². The molecule has 0 radical (unpaired) electrons. The van der Waals surface area contributed by atoms with Crippen LogP contribution in [0.5, 0.6) is 11.5 Å². The summed E-state index contributed by atoms with van der Waals surface area (Å²) in [5.41, 5.74) is 2.38. The Morgan fingerprint density at radius 1 is 1.12 bits per heavy atom. The fourth-order valence-corrected chi connectivity index (χ4v) is 2.96. The first-order valence-electron chi connectivity index (χ1n) is 8.25. The molecule has 1 heterocycles. The van der Waals surface area contributed by atoms with Crippen LogP contribution in [0.4, 0.5) is 0 Å². The molecular formula is C20H21N3O2S. The Morgan fingerprint density at radius 2 is 1.73 bits per heavy atom. The summed E-state index contributed by atoms with van der Waals surface area (Å²) >= 11 is 1.70. The Labute approximate surface area is 157 Å². The normalized spacial score (nSPS) is 10.6. The molecular weight excluding hydrogens is 346 g/mol. The van der Waals surface area contributed by atoms with Crippen molar-refractivity contribution < 1.29 is 9.53 Å². The zero-order chi connectivity index (χ0) is 18.5. The molecule has 6 heteroatoms. The topological polar surface area (TPSA) is 56.1 Å². The van der Waals surface area contributed by atoms with Gasteiger partial charge >= 0.3 is 0 Å². The van der Waals surface area contributed by atoms with Gasteiger partial charge in [-0.2, -0.15) is 5.10 Å². The van der Waals surface area contributed by atoms with Crippen LogP contribution in [0, 0.1) is 6.92 Å². The number of thioether (sulfide) groups is 1. The van der Waals surface area contributed by atoms with E-state index in [1.54, 1.807) is 29.6 Å². The van der Waals surface area contributed by atoms with Gasteiger partial charge in [0.2, 0.25) is 0 Å². The maximum Gasteiger partial charge on any atom is 0.269 e. The zero-order valence-corrected chi connectivity index (χ0v) is 15.8. The van der Waals surface area contributed by atoms with Crippen molar-refractivity contribution in [3.8, 4) is 11.5 Å². The number of nitrogens with zero attached hydrogens (tertiary/aromatic N) is 2. The number of amides is 1. The first-order chi connectivity index (χ1) is 12.5. The third-order valence-corrected chi connectivity index (χ3v) is 4.65. The van der Waals surface area contributed by atoms with Gasteiger partial charge in [0.05, 0.1) is 5.69 Å². The number of ether oxygens (including phenoxy) is 1. The molecule has 0 aliphatic heterocycles. The van der Waals surface area contributed by atoms with Crippen molar-refractivity contribution in [1.29, 1.82) is 0 Å². The van der Waals surface area contributed by atoms with Gasteiger partial charge in [0.1, 0.15) is 17.2 Å². The van der Waals surface area contributed by atoms with E-state index >= 15 is 0 Å². The molecule has 134 valence electrons. The second kappa shape index (κ2) is 8.10. The summed E-state index contributed by atoms with van der Waals surface area (Å²) in [7, 11) is 1.76. The number of hydrogen-bond acceptors (Lipinski definition) is 4. The third kappa shape index (κ3) is 4.46. The van der Waals surface area contributed by atoms with Crippen molar-refractivity contribution in [2.75, 3.05) is 6.26 Å². The summed E-state index contributed by atoms with van der Waals surface area (Å²) in [5, 5.41) is 7.10. The molecule has 3 aromatic rings. The third-order valence-electron chi connectivity index (χ3n) is 3.91. The van der Waals surface area contributed by atoms with Crippen LogP contribution < -0.4 is 10.1 Å². The standard InChI is InChI=1S/C20H21N3O2S/c1-14-12-19(23(2)22-14)20(24)21-13-15-4-6-16(7-5-15)25-17-8-10-18(26-3)11-9-17/h4-12H,13H2,1-3H3,(H,21,24). The summed E-state index contributed by atoms with van der Waals surface area (Å²) in [4.78, 5) is 13.4. The number of hydrogen-bond donors (Lipinski definition) is 1. The van der Waals surface area contributed by atoms with Gasteiger partial charge in [-0.15, -0.1) is 11.8 Å². The molecule has 0 unspecified atom stereocenters. The largest absolute Gasteiger partial charge is 0.457 e. The van der Waals surface area contributed by atoms with Crippen LogP contribution in [0.3, 0.4) is 0 Å². The SMILES string of the molecule is CSc1ccc(Oc2ccc(CNC(=O)c3cc(C)nn3C)cc2)cc1. The maximum absolute atomic E-state index is 12.2. The van der Waals surface area contributed by atoms with Crippen LogP contribution in [0.25, 0.3) is 0 Å². The van der Waals surface area contributed by atoms with E-state index in [1.807, 2.05) is 61.7 Å². The van der Waals surface area contributed by atoms with Crippen molar-refractivity contribution in [2.45, 2.75) is 18.4 Å². The van der Waals surface area contributed by atoms with Gasteiger partial charge in [-0.3, -0.25) is 9.48 Å². The Bertz CT molecular complexity index is 886. The average Bonchev–Trinajstić information content (AvgIpc) is 3.00. The molecule has 0 spiro atoms. The molecule has 1 amide bonds. The Balaban J connectivity index is 1.57. The summed E-state index contributed by atoms with van der Waals surface area (Å²) in [5.74, 6) is 1.43. The van der Waals surface area contributed by atoms with Gasteiger partial charge in [-0.1, -0.05) is 12.1 Å². The van der Waals surface area contributed by atoms with E-state index < -0.39 is 0 Å². The number of rotatable bonds is 6. The summed E-state index contributed by atoms with van der Waals surface area (Å²) in [6.45, 7) is 2.32. The highest BCUT2D eigenvalue weighted by Crippen LogP contribution is 2.24. The first-order valence-corrected chi connectivity index (χ1v) is 9.47. The van der Waals surface area contributed by atoms with Gasteiger partial charge in [-0.25, -0.2) is 0 Å². The van der Waals surface area contributed by atoms with Gasteiger partial charge in [-0.05, 0) is 61.2 Å². The maximum atomic E-state index is 12.2. The number of benzene rings is 2. The zero-order valence-electron chi connectivity index (χ0n) is 15.0. The first kappa shape index (κ1) is 18.1. The molecule has 0 atom stereocenters. The van der Waals surface area contributed by atoms with Crippen LogP contribution in [0.1, 0.15) is 21.7 Å². The molecule has 1 N–H and O–H groups in total. The van der Waals surface area contributed by atoms with E-state index in [9.17, 15) is 4.79 Å². The Morgan fingerprint density at radius 3 is 2.27 bits per heavy atom. The highest BCUT2D eigenvalue weighted by molar-refractivity contribution is 7.98. The van der Waals surface area contributed by atoms with Crippen molar-refractivity contribution in [2.24, 2.45) is 7.05 Å². The van der Waals surface area contributed by atoms with Crippen molar-refractivity contribution in [3.63, 3.8) is 0 Å². The highest BCUT2D eigenvalue weighted by Gasteiger charge is 2.11. The smallest absolute Gasteiger partial charge is 0.269 e. The number of carbonyl (C=O) groups excluding carboxylic acids is 1. The monoisotopic (exact) mass is 367 g/mol. The van der Waals surface area contributed by atoms with Crippen LogP contribution in [-0.4, -0.2) is 21.9 Å². The molecule has 0 bridgehead atoms. The molecule has 0 aliphatic rings. The Kier molecular flexibility index (Phi) is 5.63. The minimum atomic E-state index is -0.137. The molecule has 3 rings (SSSR count). The lowest BCUT2D eigenvalue weighted by Gasteiger charge is -2.08. The van der Waals surface area contributed by atoms with Crippen LogP contribution >= 0.6 is 11.8 Å². The number of nitrogens with one attached hydrogen (secondary N) is 1. The van der Waals surface area contributed by atoms with Crippen LogP contribution in [-0.2, 0) is 13.6 Å². The molecule has 0 saturated heterocycles. The minimum absolute atomic E-state index is 0.137. The molecule has 0 saturated carbocycles. The van der Waals surface area contributed by atoms with Crippen molar-refractivity contribution in [3.05, 3.63) is 71.5 Å². The fraction of sp³-hybridized carbons (Fsp3) is 0.200. The van der Waals surface area contributed by atoms with E-state index in [0.29, 0.717) is 12.2 Å². The van der Waals surface area contributed by atoms with E-state index in [0.717, 1.165) is 22.8 Å². The fourth-order valence-electron chi connectivity index (χ4n) is 2.55. The number of carbonyl (C=O) groups is 1. The number of aryl methyl sites for hydroxylation is 2. The summed E-state index contributed by atoms with van der Waals surface area (Å²) in [6, 6.07) is 17.4. The molecule has 2 aromatic carbocycles. The number of aromatic nitrogens is 2. The lowest BCUT2D eigenvalue weighted by atomic mass is 10.2. The van der Waals surface area contributed by atoms with Gasteiger partial charge in [0, 0.05) is 18.5 Å². The molecule has 0 fully saturated rings. The molecule has 26 heavy (non-hydrogen) atoms. The summed E-state index contributed by atoms with van der Waals surface area (Å²) < 4.78 is 7.43. The van der Waals surface area contributed by atoms with Gasteiger partial charge in [0.25, 0.3) is 5.91 Å². The molecule has 0 aliphatic carbocycles. The predicted octanol–water partition coefficient (Wildman–Crippen LogP) is 4.17. The van der Waals surface area contributed by atoms with E-state index in [-0.39, 0.29) is 5.91 Å². The summed E-state index contributed by atoms with van der Waals surface area (Å²) in [6.07, 6.45) is 2.04. The average molecular weight is 367 g/mol. The second-order valence-electron chi connectivity index (χ2n) is 5.90. The van der Waals surface area contributed by atoms with Crippen molar-refractivity contribution >= 4 is 17.7 Å². The molecule has 5 nitrogen and oxygen atoms in total. The highest BCUT2D eigenvalue weighted by atomic mass is 32.2. The minimum Gasteiger partial charge on any atom is -0.457 e. The molecule has 1 aromatic heterocycles.